The van der Waals surface area contributed by atoms with Crippen LogP contribution < -0.4 is 9.62 Å². The van der Waals surface area contributed by atoms with Crippen LogP contribution in [0.15, 0.2) is 78.2 Å². The number of hydrogen-bond acceptors (Lipinski definition) is 6. The van der Waals surface area contributed by atoms with Crippen LogP contribution in [-0.2, 0) is 21.4 Å². The Hall–Kier alpha value is -3.92. The van der Waals surface area contributed by atoms with Crippen LogP contribution in [0.2, 0.25) is 0 Å². The van der Waals surface area contributed by atoms with Gasteiger partial charge in [-0.1, -0.05) is 18.2 Å². The first-order valence-corrected chi connectivity index (χ1v) is 13.4. The zero-order valence-electron chi connectivity index (χ0n) is 20.0. The van der Waals surface area contributed by atoms with Gasteiger partial charge in [0.15, 0.2) is 0 Å². The molecule has 1 saturated heterocycles. The number of carbonyl (C=O) groups is 1. The van der Waals surface area contributed by atoms with Crippen molar-refractivity contribution in [2.24, 2.45) is 0 Å². The molecular formula is C26H30N6O3S. The van der Waals surface area contributed by atoms with E-state index < -0.39 is 10.0 Å². The molecule has 1 N–H and O–H groups in total. The molecule has 0 unspecified atom stereocenters. The van der Waals surface area contributed by atoms with E-state index in [0.29, 0.717) is 39.1 Å². The number of aromatic nitrogens is 3. The first-order chi connectivity index (χ1) is 17.4. The van der Waals surface area contributed by atoms with Crippen molar-refractivity contribution in [2.45, 2.75) is 24.8 Å². The van der Waals surface area contributed by atoms with E-state index in [-0.39, 0.29) is 18.0 Å². The van der Waals surface area contributed by atoms with Gasteiger partial charge in [0.05, 0.1) is 4.90 Å². The van der Waals surface area contributed by atoms with Crippen molar-refractivity contribution in [3.05, 3.63) is 78.9 Å². The van der Waals surface area contributed by atoms with Crippen LogP contribution in [0.4, 0.5) is 11.5 Å². The molecule has 1 aliphatic heterocycles. The van der Waals surface area contributed by atoms with Gasteiger partial charge in [0, 0.05) is 69.6 Å². The molecule has 4 aromatic rings. The van der Waals surface area contributed by atoms with Crippen LogP contribution in [0, 0.1) is 6.92 Å². The van der Waals surface area contributed by atoms with Crippen LogP contribution in [0.1, 0.15) is 13.4 Å². The van der Waals surface area contributed by atoms with E-state index >= 15 is 0 Å². The van der Waals surface area contributed by atoms with E-state index in [1.54, 1.807) is 24.3 Å². The largest absolute Gasteiger partial charge is 0.368 e. The van der Waals surface area contributed by atoms with Gasteiger partial charge in [-0.05, 0) is 48.9 Å². The Balaban J connectivity index is 0.00000320. The van der Waals surface area contributed by atoms with Crippen LogP contribution in [0.5, 0.6) is 0 Å². The van der Waals surface area contributed by atoms with Crippen LogP contribution >= 0.6 is 0 Å². The van der Waals surface area contributed by atoms with Gasteiger partial charge in [0.25, 0.3) is 10.0 Å². The molecule has 0 radical (unpaired) electrons. The number of anilines is 2. The maximum atomic E-state index is 12.9. The van der Waals surface area contributed by atoms with Crippen LogP contribution in [-0.4, -0.2) is 59.9 Å². The van der Waals surface area contributed by atoms with Crippen molar-refractivity contribution < 1.29 is 14.6 Å². The highest BCUT2D eigenvalue weighted by Gasteiger charge is 2.22. The molecule has 3 heterocycles. The number of aryl methyl sites for hydroxylation is 2. The lowest BCUT2D eigenvalue weighted by Crippen LogP contribution is -2.49. The Morgan fingerprint density at radius 3 is 2.50 bits per heavy atom. The van der Waals surface area contributed by atoms with Crippen LogP contribution in [0.25, 0.3) is 10.9 Å². The number of piperazine rings is 1. The molecule has 2 aromatic carbocycles. The molecule has 1 aliphatic rings. The van der Waals surface area contributed by atoms with Gasteiger partial charge < -0.3 is 14.4 Å². The van der Waals surface area contributed by atoms with E-state index in [1.165, 1.54) is 29.5 Å². The smallest absolute Gasteiger partial charge is 0.263 e. The summed E-state index contributed by atoms with van der Waals surface area (Å²) in [6, 6.07) is 16.5. The summed E-state index contributed by atoms with van der Waals surface area (Å²) in [6.45, 7) is 5.42. The number of hydrogen-bond donors (Lipinski definition) is 1. The predicted octanol–water partition coefficient (Wildman–Crippen LogP) is 3.53. The minimum Gasteiger partial charge on any atom is -0.368 e. The molecule has 2 aromatic heterocycles. The first kappa shape index (κ1) is 23.8. The SMILES string of the molecule is Cc1cn(CCC(=O)N2CCN(c3ccc(S(=O)(=O)Nc4ccncn4)cc3)CC2)c2ccccc12.[HH]. The van der Waals surface area contributed by atoms with Gasteiger partial charge >= 0.3 is 0 Å². The quantitative estimate of drug-likeness (QED) is 0.412. The van der Waals surface area contributed by atoms with E-state index in [4.69, 9.17) is 0 Å². The maximum Gasteiger partial charge on any atom is 0.263 e. The fourth-order valence-corrected chi connectivity index (χ4v) is 5.60. The van der Waals surface area contributed by atoms with Gasteiger partial charge in [0.1, 0.15) is 12.1 Å². The lowest BCUT2D eigenvalue weighted by atomic mass is 10.2. The van der Waals surface area contributed by atoms with Crippen molar-refractivity contribution in [1.29, 1.82) is 0 Å². The summed E-state index contributed by atoms with van der Waals surface area (Å²) in [7, 11) is -3.74. The third kappa shape index (κ3) is 5.03. The Labute approximate surface area is 211 Å². The second-order valence-electron chi connectivity index (χ2n) is 8.83. The van der Waals surface area contributed by atoms with E-state index in [9.17, 15) is 13.2 Å². The van der Waals surface area contributed by atoms with Gasteiger partial charge in [0.2, 0.25) is 5.91 Å². The highest BCUT2D eigenvalue weighted by Crippen LogP contribution is 2.23. The van der Waals surface area contributed by atoms with Crippen molar-refractivity contribution in [1.82, 2.24) is 19.4 Å². The summed E-state index contributed by atoms with van der Waals surface area (Å²) in [4.78, 5) is 24.8. The molecular weight excluding hydrogens is 476 g/mol. The third-order valence-electron chi connectivity index (χ3n) is 6.52. The number of para-hydroxylation sites is 1. The van der Waals surface area contributed by atoms with E-state index in [1.807, 2.05) is 17.0 Å². The molecule has 5 rings (SSSR count). The van der Waals surface area contributed by atoms with E-state index in [0.717, 1.165) is 11.2 Å². The average Bonchev–Trinajstić information content (AvgIpc) is 3.23. The van der Waals surface area contributed by atoms with Gasteiger partial charge in [-0.3, -0.25) is 9.52 Å². The summed E-state index contributed by atoms with van der Waals surface area (Å²) >= 11 is 0. The molecule has 0 atom stereocenters. The third-order valence-corrected chi connectivity index (χ3v) is 7.89. The Morgan fingerprint density at radius 2 is 1.78 bits per heavy atom. The summed E-state index contributed by atoms with van der Waals surface area (Å²) in [6.07, 6.45) is 5.34. The maximum absolute atomic E-state index is 12.9. The molecule has 0 aliphatic carbocycles. The van der Waals surface area contributed by atoms with Gasteiger partial charge in [-0.15, -0.1) is 0 Å². The van der Waals surface area contributed by atoms with Crippen molar-refractivity contribution in [3.8, 4) is 0 Å². The standard InChI is InChI=1S/C26H28N6O3S.H2/c1-20-18-32(24-5-3-2-4-23(20)24)13-11-26(33)31-16-14-30(15-17-31)21-6-8-22(9-7-21)36(34,35)29-25-10-12-27-19-28-25;/h2-10,12,18-19H,11,13-17H2,1H3,(H,27,28,29);1H. The number of nitrogens with one attached hydrogen (secondary N) is 1. The summed E-state index contributed by atoms with van der Waals surface area (Å²) in [5.74, 6) is 0.372. The van der Waals surface area contributed by atoms with Crippen molar-refractivity contribution in [2.75, 3.05) is 35.8 Å². The van der Waals surface area contributed by atoms with Crippen LogP contribution in [0.3, 0.4) is 0 Å². The zero-order valence-corrected chi connectivity index (χ0v) is 20.9. The Bertz CT molecular complexity index is 1470. The number of nitrogens with zero attached hydrogens (tertiary/aromatic N) is 5. The van der Waals surface area contributed by atoms with Crippen molar-refractivity contribution >= 4 is 38.3 Å². The summed E-state index contributed by atoms with van der Waals surface area (Å²) < 4.78 is 29.8. The summed E-state index contributed by atoms with van der Waals surface area (Å²) in [5.41, 5.74) is 3.30. The monoisotopic (exact) mass is 506 g/mol. The predicted molar refractivity (Wildman–Crippen MR) is 141 cm³/mol. The molecule has 188 valence electrons. The Kier molecular flexibility index (Phi) is 6.60. The zero-order chi connectivity index (χ0) is 25.1. The number of amides is 1. The second kappa shape index (κ2) is 9.98. The molecule has 0 saturated carbocycles. The number of rotatable bonds is 7. The number of fused-ring (bicyclic) bond motifs is 1. The lowest BCUT2D eigenvalue weighted by molar-refractivity contribution is -0.131. The Morgan fingerprint density at radius 1 is 1.03 bits per heavy atom. The molecule has 10 heteroatoms. The van der Waals surface area contributed by atoms with Gasteiger partial charge in [-0.2, -0.15) is 0 Å². The molecule has 9 nitrogen and oxygen atoms in total. The fourth-order valence-electron chi connectivity index (χ4n) is 4.59. The first-order valence-electron chi connectivity index (χ1n) is 11.9. The van der Waals surface area contributed by atoms with E-state index in [2.05, 4.69) is 49.4 Å². The minimum atomic E-state index is -3.74. The minimum absolute atomic E-state index is 0. The molecule has 0 bridgehead atoms. The average molecular weight is 507 g/mol. The lowest BCUT2D eigenvalue weighted by Gasteiger charge is -2.36. The number of carbonyl (C=O) groups excluding carboxylic acids is 1. The van der Waals surface area contributed by atoms with Gasteiger partial charge in [-0.25, -0.2) is 18.4 Å². The number of sulfonamides is 1. The normalized spacial score (nSPS) is 14.2. The second-order valence-corrected chi connectivity index (χ2v) is 10.5. The molecule has 1 fully saturated rings. The number of benzene rings is 2. The fraction of sp³-hybridized carbons (Fsp3) is 0.269. The van der Waals surface area contributed by atoms with Crippen molar-refractivity contribution in [3.63, 3.8) is 0 Å². The molecule has 1 amide bonds. The highest BCUT2D eigenvalue weighted by atomic mass is 32.2. The molecule has 36 heavy (non-hydrogen) atoms. The summed E-state index contributed by atoms with van der Waals surface area (Å²) in [5, 5.41) is 1.22. The topological polar surface area (TPSA) is 100 Å². The molecule has 0 spiro atoms. The highest BCUT2D eigenvalue weighted by molar-refractivity contribution is 7.92.